The zero-order chi connectivity index (χ0) is 9.84. The molecule has 0 aromatic heterocycles. The molecule has 0 saturated heterocycles. The Morgan fingerprint density at radius 1 is 1.54 bits per heavy atom. The number of anilines is 1. The first-order valence-electron chi connectivity index (χ1n) is 4.03. The van der Waals surface area contributed by atoms with Gasteiger partial charge in [-0.15, -0.1) is 11.8 Å². The highest BCUT2D eigenvalue weighted by molar-refractivity contribution is 9.10. The molecule has 0 bridgehead atoms. The van der Waals surface area contributed by atoms with Crippen LogP contribution in [0.3, 0.4) is 0 Å². The molecule has 0 aliphatic carbocycles. The molecule has 2 nitrogen and oxygen atoms in total. The highest BCUT2D eigenvalue weighted by atomic mass is 79.9. The maximum atomic E-state index is 5.79. The summed E-state index contributed by atoms with van der Waals surface area (Å²) in [5, 5.41) is 0. The van der Waals surface area contributed by atoms with Crippen molar-refractivity contribution >= 4 is 33.4 Å². The van der Waals surface area contributed by atoms with Crippen molar-refractivity contribution in [3.8, 4) is 0 Å². The maximum Gasteiger partial charge on any atom is 0.0453 e. The van der Waals surface area contributed by atoms with Crippen molar-refractivity contribution in [1.29, 1.82) is 0 Å². The number of hydrogen-bond donors (Lipinski definition) is 2. The van der Waals surface area contributed by atoms with Crippen molar-refractivity contribution in [3.05, 3.63) is 22.7 Å². The molecule has 1 rings (SSSR count). The number of benzene rings is 1. The summed E-state index contributed by atoms with van der Waals surface area (Å²) in [4.78, 5) is 1.09. The van der Waals surface area contributed by atoms with Crippen LogP contribution in [0.5, 0.6) is 0 Å². The number of hydrogen-bond acceptors (Lipinski definition) is 3. The average Bonchev–Trinajstić information content (AvgIpc) is 2.06. The van der Waals surface area contributed by atoms with Crippen LogP contribution in [0.15, 0.2) is 27.6 Å². The van der Waals surface area contributed by atoms with E-state index >= 15 is 0 Å². The lowest BCUT2D eigenvalue weighted by molar-refractivity contribution is 0.847. The summed E-state index contributed by atoms with van der Waals surface area (Å²) in [5.41, 5.74) is 12.3. The number of nitrogen functional groups attached to an aromatic ring is 1. The van der Waals surface area contributed by atoms with Crippen LogP contribution in [0.1, 0.15) is 6.92 Å². The minimum absolute atomic E-state index is 0.198. The molecule has 0 aliphatic heterocycles. The van der Waals surface area contributed by atoms with E-state index < -0.39 is 0 Å². The van der Waals surface area contributed by atoms with E-state index in [4.69, 9.17) is 11.5 Å². The molecule has 0 fully saturated rings. The predicted octanol–water partition coefficient (Wildman–Crippen LogP) is 2.47. The molecular formula is C9H13BrN2S. The Kier molecular flexibility index (Phi) is 4.09. The van der Waals surface area contributed by atoms with Gasteiger partial charge in [-0.2, -0.15) is 0 Å². The molecule has 72 valence electrons. The third kappa shape index (κ3) is 3.58. The zero-order valence-corrected chi connectivity index (χ0v) is 9.86. The topological polar surface area (TPSA) is 52.0 Å². The third-order valence-electron chi connectivity index (χ3n) is 1.48. The van der Waals surface area contributed by atoms with Gasteiger partial charge in [0, 0.05) is 26.9 Å². The van der Waals surface area contributed by atoms with Gasteiger partial charge in [0.25, 0.3) is 0 Å². The van der Waals surface area contributed by atoms with Gasteiger partial charge in [-0.3, -0.25) is 0 Å². The van der Waals surface area contributed by atoms with Gasteiger partial charge in [-0.05, 0) is 25.1 Å². The second kappa shape index (κ2) is 4.88. The third-order valence-corrected chi connectivity index (χ3v) is 3.33. The average molecular weight is 261 g/mol. The summed E-state index contributed by atoms with van der Waals surface area (Å²) in [6.07, 6.45) is 0. The SMILES string of the molecule is CC(N)CSc1cc(Br)ccc1N. The largest absolute Gasteiger partial charge is 0.398 e. The Labute approximate surface area is 91.2 Å². The Bertz CT molecular complexity index is 289. The van der Waals surface area contributed by atoms with Crippen LogP contribution in [0.4, 0.5) is 5.69 Å². The van der Waals surface area contributed by atoms with Crippen molar-refractivity contribution in [2.75, 3.05) is 11.5 Å². The van der Waals surface area contributed by atoms with Gasteiger partial charge < -0.3 is 11.5 Å². The van der Waals surface area contributed by atoms with E-state index in [1.54, 1.807) is 11.8 Å². The van der Waals surface area contributed by atoms with E-state index in [0.29, 0.717) is 0 Å². The molecule has 1 aromatic carbocycles. The Balaban J connectivity index is 2.70. The second-order valence-corrected chi connectivity index (χ2v) is 4.95. The van der Waals surface area contributed by atoms with Crippen LogP contribution in [0.2, 0.25) is 0 Å². The van der Waals surface area contributed by atoms with Crippen molar-refractivity contribution in [3.63, 3.8) is 0 Å². The van der Waals surface area contributed by atoms with E-state index in [9.17, 15) is 0 Å². The van der Waals surface area contributed by atoms with E-state index in [2.05, 4.69) is 15.9 Å². The Hall–Kier alpha value is -0.190. The standard InChI is InChI=1S/C9H13BrN2S/c1-6(11)5-13-9-4-7(10)2-3-8(9)12/h2-4,6H,5,11-12H2,1H3. The summed E-state index contributed by atoms with van der Waals surface area (Å²) in [6, 6.07) is 6.05. The van der Waals surface area contributed by atoms with Crippen molar-refractivity contribution < 1.29 is 0 Å². The molecular weight excluding hydrogens is 248 g/mol. The van der Waals surface area contributed by atoms with E-state index in [0.717, 1.165) is 20.8 Å². The van der Waals surface area contributed by atoms with Crippen molar-refractivity contribution in [1.82, 2.24) is 0 Å². The first kappa shape index (κ1) is 10.9. The molecule has 0 saturated carbocycles. The molecule has 13 heavy (non-hydrogen) atoms. The van der Waals surface area contributed by atoms with Gasteiger partial charge in [0.15, 0.2) is 0 Å². The van der Waals surface area contributed by atoms with Crippen LogP contribution in [-0.4, -0.2) is 11.8 Å². The van der Waals surface area contributed by atoms with E-state index in [1.165, 1.54) is 0 Å². The predicted molar refractivity (Wildman–Crippen MR) is 62.9 cm³/mol. The lowest BCUT2D eigenvalue weighted by Crippen LogP contribution is -2.17. The molecule has 1 aromatic rings. The lowest BCUT2D eigenvalue weighted by atomic mass is 10.3. The Morgan fingerprint density at radius 2 is 2.23 bits per heavy atom. The number of nitrogens with two attached hydrogens (primary N) is 2. The van der Waals surface area contributed by atoms with Gasteiger partial charge in [0.1, 0.15) is 0 Å². The summed E-state index contributed by atoms with van der Waals surface area (Å²) in [5.74, 6) is 0.890. The van der Waals surface area contributed by atoms with Crippen molar-refractivity contribution in [2.24, 2.45) is 5.73 Å². The summed E-state index contributed by atoms with van der Waals surface area (Å²) < 4.78 is 1.05. The molecule has 4 N–H and O–H groups in total. The minimum Gasteiger partial charge on any atom is -0.398 e. The molecule has 0 radical (unpaired) electrons. The maximum absolute atomic E-state index is 5.79. The summed E-state index contributed by atoms with van der Waals surface area (Å²) >= 11 is 5.09. The van der Waals surface area contributed by atoms with Gasteiger partial charge in [-0.25, -0.2) is 0 Å². The first-order valence-corrected chi connectivity index (χ1v) is 5.81. The summed E-state index contributed by atoms with van der Waals surface area (Å²) in [7, 11) is 0. The fourth-order valence-corrected chi connectivity index (χ4v) is 2.25. The first-order chi connectivity index (χ1) is 6.09. The number of halogens is 1. The normalized spacial score (nSPS) is 12.8. The number of rotatable bonds is 3. The molecule has 1 atom stereocenters. The second-order valence-electron chi connectivity index (χ2n) is 2.97. The van der Waals surface area contributed by atoms with E-state index in [-0.39, 0.29) is 6.04 Å². The highest BCUT2D eigenvalue weighted by Crippen LogP contribution is 2.28. The van der Waals surface area contributed by atoms with Crippen LogP contribution in [0, 0.1) is 0 Å². The highest BCUT2D eigenvalue weighted by Gasteiger charge is 2.02. The van der Waals surface area contributed by atoms with E-state index in [1.807, 2.05) is 25.1 Å². The van der Waals surface area contributed by atoms with Crippen LogP contribution < -0.4 is 11.5 Å². The fourth-order valence-electron chi connectivity index (χ4n) is 0.854. The van der Waals surface area contributed by atoms with Crippen LogP contribution in [0.25, 0.3) is 0 Å². The zero-order valence-electron chi connectivity index (χ0n) is 7.46. The molecule has 0 spiro atoms. The molecule has 4 heteroatoms. The summed E-state index contributed by atoms with van der Waals surface area (Å²) in [6.45, 7) is 1.99. The van der Waals surface area contributed by atoms with Gasteiger partial charge in [0.05, 0.1) is 0 Å². The van der Waals surface area contributed by atoms with Gasteiger partial charge in [-0.1, -0.05) is 15.9 Å². The smallest absolute Gasteiger partial charge is 0.0453 e. The van der Waals surface area contributed by atoms with Crippen LogP contribution in [-0.2, 0) is 0 Å². The van der Waals surface area contributed by atoms with Gasteiger partial charge >= 0.3 is 0 Å². The quantitative estimate of drug-likeness (QED) is 0.649. The molecule has 0 amide bonds. The molecule has 1 unspecified atom stereocenters. The fraction of sp³-hybridized carbons (Fsp3) is 0.333. The van der Waals surface area contributed by atoms with Crippen molar-refractivity contribution in [2.45, 2.75) is 17.9 Å². The molecule has 0 aliphatic rings. The minimum atomic E-state index is 0.198. The van der Waals surface area contributed by atoms with Gasteiger partial charge in [0.2, 0.25) is 0 Å². The van der Waals surface area contributed by atoms with Crippen LogP contribution >= 0.6 is 27.7 Å². The lowest BCUT2D eigenvalue weighted by Gasteiger charge is -2.07. The Morgan fingerprint density at radius 3 is 2.85 bits per heavy atom. The number of thioether (sulfide) groups is 1. The monoisotopic (exact) mass is 260 g/mol. The molecule has 0 heterocycles.